The van der Waals surface area contributed by atoms with Crippen molar-refractivity contribution in [3.05, 3.63) is 40.3 Å². The number of benzene rings is 1. The predicted octanol–water partition coefficient (Wildman–Crippen LogP) is 2.70. The van der Waals surface area contributed by atoms with Gasteiger partial charge in [-0.2, -0.15) is 0 Å². The van der Waals surface area contributed by atoms with Crippen LogP contribution in [0.1, 0.15) is 5.76 Å². The lowest BCUT2D eigenvalue weighted by Gasteiger charge is -1.99. The van der Waals surface area contributed by atoms with E-state index >= 15 is 0 Å². The van der Waals surface area contributed by atoms with Crippen LogP contribution in [0.4, 0.5) is 4.39 Å². The Balaban J connectivity index is 2.49. The molecular formula is C10H8BrFN2O. The van der Waals surface area contributed by atoms with Crippen molar-refractivity contribution in [3.8, 4) is 11.3 Å². The van der Waals surface area contributed by atoms with Gasteiger partial charge in [-0.15, -0.1) is 0 Å². The Labute approximate surface area is 94.2 Å². The van der Waals surface area contributed by atoms with Crippen molar-refractivity contribution < 1.29 is 8.91 Å². The Morgan fingerprint density at radius 3 is 2.93 bits per heavy atom. The first-order valence-electron chi connectivity index (χ1n) is 4.32. The molecule has 2 rings (SSSR count). The minimum absolute atomic E-state index is 0.253. The first kappa shape index (κ1) is 10.3. The molecule has 5 heteroatoms. The van der Waals surface area contributed by atoms with E-state index in [1.165, 1.54) is 0 Å². The number of hydrogen-bond donors (Lipinski definition) is 1. The zero-order valence-corrected chi connectivity index (χ0v) is 9.29. The van der Waals surface area contributed by atoms with Gasteiger partial charge in [0, 0.05) is 11.6 Å². The van der Waals surface area contributed by atoms with E-state index in [-0.39, 0.29) is 12.4 Å². The summed E-state index contributed by atoms with van der Waals surface area (Å²) in [4.78, 5) is 0. The van der Waals surface area contributed by atoms with E-state index in [1.807, 2.05) is 0 Å². The van der Waals surface area contributed by atoms with Crippen LogP contribution >= 0.6 is 15.9 Å². The maximum atomic E-state index is 13.6. The molecule has 0 atom stereocenters. The van der Waals surface area contributed by atoms with Gasteiger partial charge in [-0.05, 0) is 28.1 Å². The Hall–Kier alpha value is -1.20. The van der Waals surface area contributed by atoms with E-state index in [1.54, 1.807) is 24.3 Å². The average Bonchev–Trinajstić information content (AvgIpc) is 2.70. The minimum Gasteiger partial charge on any atom is -0.359 e. The maximum Gasteiger partial charge on any atom is 0.150 e. The van der Waals surface area contributed by atoms with E-state index in [0.29, 0.717) is 21.5 Å². The highest BCUT2D eigenvalue weighted by molar-refractivity contribution is 9.10. The Bertz CT molecular complexity index is 484. The Kier molecular flexibility index (Phi) is 2.83. The van der Waals surface area contributed by atoms with E-state index in [0.717, 1.165) is 0 Å². The first-order valence-corrected chi connectivity index (χ1v) is 5.11. The molecule has 2 aromatic rings. The van der Waals surface area contributed by atoms with Crippen molar-refractivity contribution >= 4 is 15.9 Å². The van der Waals surface area contributed by atoms with E-state index < -0.39 is 0 Å². The van der Waals surface area contributed by atoms with Crippen LogP contribution in [0.5, 0.6) is 0 Å². The molecule has 2 N–H and O–H groups in total. The highest BCUT2D eigenvalue weighted by Gasteiger charge is 2.12. The fourth-order valence-electron chi connectivity index (χ4n) is 1.24. The van der Waals surface area contributed by atoms with Gasteiger partial charge in [0.15, 0.2) is 5.76 Å². The summed E-state index contributed by atoms with van der Waals surface area (Å²) in [7, 11) is 0. The molecule has 0 bridgehead atoms. The highest BCUT2D eigenvalue weighted by Crippen LogP contribution is 2.27. The third-order valence-electron chi connectivity index (χ3n) is 1.99. The molecule has 78 valence electrons. The van der Waals surface area contributed by atoms with Gasteiger partial charge in [-0.3, -0.25) is 0 Å². The number of nitrogens with two attached hydrogens (primary N) is 1. The lowest BCUT2D eigenvalue weighted by Crippen LogP contribution is -1.92. The molecule has 0 fully saturated rings. The zero-order chi connectivity index (χ0) is 10.8. The van der Waals surface area contributed by atoms with Crippen molar-refractivity contribution in [2.45, 2.75) is 6.54 Å². The van der Waals surface area contributed by atoms with Crippen LogP contribution in [0, 0.1) is 5.82 Å². The molecule has 3 nitrogen and oxygen atoms in total. The lowest BCUT2D eigenvalue weighted by molar-refractivity contribution is 0.386. The number of hydrogen-bond acceptors (Lipinski definition) is 3. The smallest absolute Gasteiger partial charge is 0.150 e. The second-order valence-corrected chi connectivity index (χ2v) is 3.84. The second kappa shape index (κ2) is 4.12. The largest absolute Gasteiger partial charge is 0.359 e. The molecule has 1 aromatic heterocycles. The summed E-state index contributed by atoms with van der Waals surface area (Å²) >= 11 is 3.11. The van der Waals surface area contributed by atoms with Crippen LogP contribution in [0.15, 0.2) is 33.3 Å². The molecule has 1 heterocycles. The third kappa shape index (κ3) is 1.93. The van der Waals surface area contributed by atoms with Crippen molar-refractivity contribution in [2.75, 3.05) is 0 Å². The molecule has 0 spiro atoms. The Morgan fingerprint density at radius 2 is 2.27 bits per heavy atom. The summed E-state index contributed by atoms with van der Waals surface area (Å²) in [6, 6.07) is 6.63. The number of aromatic nitrogens is 1. The third-order valence-corrected chi connectivity index (χ3v) is 2.60. The molecule has 0 saturated carbocycles. The molecular weight excluding hydrogens is 263 g/mol. The fraction of sp³-hybridized carbons (Fsp3) is 0.100. The van der Waals surface area contributed by atoms with Gasteiger partial charge in [0.2, 0.25) is 0 Å². The quantitative estimate of drug-likeness (QED) is 0.913. The SMILES string of the molecule is NCc1cc(-c2cccc(Br)c2F)no1. The zero-order valence-electron chi connectivity index (χ0n) is 7.71. The van der Waals surface area contributed by atoms with Crippen molar-refractivity contribution in [2.24, 2.45) is 5.73 Å². The summed E-state index contributed by atoms with van der Waals surface area (Å²) in [5, 5.41) is 3.74. The van der Waals surface area contributed by atoms with Gasteiger partial charge in [0.25, 0.3) is 0 Å². The summed E-state index contributed by atoms with van der Waals surface area (Å²) in [5.41, 5.74) is 6.22. The minimum atomic E-state index is -0.352. The molecule has 0 aliphatic heterocycles. The van der Waals surface area contributed by atoms with Crippen molar-refractivity contribution in [1.82, 2.24) is 5.16 Å². The topological polar surface area (TPSA) is 52.0 Å². The van der Waals surface area contributed by atoms with Gasteiger partial charge in [0.1, 0.15) is 11.5 Å². The van der Waals surface area contributed by atoms with Gasteiger partial charge in [-0.25, -0.2) is 4.39 Å². The molecule has 0 saturated heterocycles. The molecule has 0 amide bonds. The summed E-state index contributed by atoms with van der Waals surface area (Å²) in [6.45, 7) is 0.253. The van der Waals surface area contributed by atoms with Crippen LogP contribution in [-0.2, 0) is 6.54 Å². The van der Waals surface area contributed by atoms with E-state index in [4.69, 9.17) is 10.3 Å². The van der Waals surface area contributed by atoms with Gasteiger partial charge in [0.05, 0.1) is 11.0 Å². The monoisotopic (exact) mass is 270 g/mol. The molecule has 0 aliphatic carbocycles. The maximum absolute atomic E-state index is 13.6. The van der Waals surface area contributed by atoms with Gasteiger partial charge >= 0.3 is 0 Å². The second-order valence-electron chi connectivity index (χ2n) is 2.98. The molecule has 1 aromatic carbocycles. The summed E-state index contributed by atoms with van der Waals surface area (Å²) in [6.07, 6.45) is 0. The first-order chi connectivity index (χ1) is 7.22. The van der Waals surface area contributed by atoms with E-state index in [2.05, 4.69) is 21.1 Å². The van der Waals surface area contributed by atoms with Crippen LogP contribution in [-0.4, -0.2) is 5.16 Å². The molecule has 0 aliphatic rings. The number of nitrogens with zero attached hydrogens (tertiary/aromatic N) is 1. The summed E-state index contributed by atoms with van der Waals surface area (Å²) in [5.74, 6) is 0.179. The van der Waals surface area contributed by atoms with Crippen molar-refractivity contribution in [1.29, 1.82) is 0 Å². The van der Waals surface area contributed by atoms with Crippen molar-refractivity contribution in [3.63, 3.8) is 0 Å². The van der Waals surface area contributed by atoms with Crippen LogP contribution in [0.3, 0.4) is 0 Å². The lowest BCUT2D eigenvalue weighted by atomic mass is 10.1. The van der Waals surface area contributed by atoms with Gasteiger partial charge < -0.3 is 10.3 Å². The van der Waals surface area contributed by atoms with E-state index in [9.17, 15) is 4.39 Å². The average molecular weight is 271 g/mol. The molecule has 0 radical (unpaired) electrons. The highest BCUT2D eigenvalue weighted by atomic mass is 79.9. The standard InChI is InChI=1S/C10H8BrFN2O/c11-8-3-1-2-7(10(8)12)9-4-6(5-13)15-14-9/h1-4H,5,13H2. The molecule has 0 unspecified atom stereocenters. The predicted molar refractivity (Wildman–Crippen MR) is 57.5 cm³/mol. The summed E-state index contributed by atoms with van der Waals surface area (Å²) < 4.78 is 18.9. The molecule has 15 heavy (non-hydrogen) atoms. The fourth-order valence-corrected chi connectivity index (χ4v) is 1.60. The normalized spacial score (nSPS) is 10.6. The number of halogens is 2. The van der Waals surface area contributed by atoms with Crippen LogP contribution < -0.4 is 5.73 Å². The Morgan fingerprint density at radius 1 is 1.47 bits per heavy atom. The van der Waals surface area contributed by atoms with Crippen LogP contribution in [0.2, 0.25) is 0 Å². The van der Waals surface area contributed by atoms with Gasteiger partial charge in [-0.1, -0.05) is 11.2 Å². The van der Waals surface area contributed by atoms with Crippen LogP contribution in [0.25, 0.3) is 11.3 Å². The number of rotatable bonds is 2.